The largest absolute Gasteiger partial charge is 0.443 e. The van der Waals surface area contributed by atoms with Crippen LogP contribution in [0.1, 0.15) is 37.5 Å². The van der Waals surface area contributed by atoms with Crippen LogP contribution in [0, 0.1) is 0 Å². The van der Waals surface area contributed by atoms with Crippen LogP contribution in [0.2, 0.25) is 0 Å². The molecule has 0 saturated carbocycles. The lowest BCUT2D eigenvalue weighted by Crippen LogP contribution is -2.26. The second kappa shape index (κ2) is 8.03. The molecule has 3 nitrogen and oxygen atoms in total. The third-order valence-corrected chi connectivity index (χ3v) is 4.80. The maximum atomic E-state index is 12.8. The Labute approximate surface area is 177 Å². The van der Waals surface area contributed by atoms with Crippen molar-refractivity contribution in [2.45, 2.75) is 26.4 Å². The van der Waals surface area contributed by atoms with Crippen LogP contribution in [0.4, 0.5) is 4.79 Å². The van der Waals surface area contributed by atoms with Crippen LogP contribution in [0.25, 0.3) is 22.6 Å². The van der Waals surface area contributed by atoms with E-state index in [1.807, 2.05) is 87.6 Å². The standard InChI is InChI=1S/C27H25NO2/c1-27(2,3)30-26(29)28-19-22(23-16-10-11-17-25(23)28)18-24(20-12-6-4-7-13-20)21-14-8-5-9-15-21/h4-19H,1-3H3. The Hall–Kier alpha value is -3.59. The molecule has 3 heteroatoms. The molecule has 3 aromatic carbocycles. The first-order chi connectivity index (χ1) is 14.4. The Kier molecular flexibility index (Phi) is 5.28. The van der Waals surface area contributed by atoms with Crippen LogP contribution in [0.15, 0.2) is 91.1 Å². The number of benzene rings is 3. The molecule has 0 bridgehead atoms. The number of rotatable bonds is 3. The highest BCUT2D eigenvalue weighted by Crippen LogP contribution is 2.30. The van der Waals surface area contributed by atoms with Crippen LogP contribution >= 0.6 is 0 Å². The highest BCUT2D eigenvalue weighted by molar-refractivity contribution is 6.01. The first kappa shape index (κ1) is 19.7. The zero-order chi connectivity index (χ0) is 21.1. The van der Waals surface area contributed by atoms with E-state index in [-0.39, 0.29) is 6.09 Å². The number of carbonyl (C=O) groups is 1. The van der Waals surface area contributed by atoms with Crippen molar-refractivity contribution < 1.29 is 9.53 Å². The molecule has 0 spiro atoms. The van der Waals surface area contributed by atoms with Crippen molar-refractivity contribution in [1.82, 2.24) is 4.57 Å². The molecule has 1 heterocycles. The predicted octanol–water partition coefficient (Wildman–Crippen LogP) is 7.01. The van der Waals surface area contributed by atoms with Crippen molar-refractivity contribution in [2.24, 2.45) is 0 Å². The summed E-state index contributed by atoms with van der Waals surface area (Å²) >= 11 is 0. The molecule has 30 heavy (non-hydrogen) atoms. The number of nitrogens with zero attached hydrogens (tertiary/aromatic N) is 1. The van der Waals surface area contributed by atoms with E-state index in [9.17, 15) is 4.79 Å². The molecule has 1 aromatic heterocycles. The minimum atomic E-state index is -0.558. The number of ether oxygens (including phenoxy) is 1. The van der Waals surface area contributed by atoms with Gasteiger partial charge >= 0.3 is 6.09 Å². The summed E-state index contributed by atoms with van der Waals surface area (Å²) in [6.07, 6.45) is 3.64. The van der Waals surface area contributed by atoms with E-state index in [1.54, 1.807) is 4.57 Å². The lowest BCUT2D eigenvalue weighted by Gasteiger charge is -2.19. The fraction of sp³-hybridized carbons (Fsp3) is 0.148. The smallest absolute Gasteiger partial charge is 0.419 e. The molecule has 0 fully saturated rings. The summed E-state index contributed by atoms with van der Waals surface area (Å²) in [6.45, 7) is 5.63. The number of fused-ring (bicyclic) bond motifs is 1. The molecule has 0 saturated heterocycles. The van der Waals surface area contributed by atoms with Crippen molar-refractivity contribution in [3.05, 3.63) is 108 Å². The Morgan fingerprint density at radius 2 is 1.33 bits per heavy atom. The fourth-order valence-corrected chi connectivity index (χ4v) is 3.51. The van der Waals surface area contributed by atoms with Crippen LogP contribution < -0.4 is 0 Å². The number of hydrogen-bond donors (Lipinski definition) is 0. The van der Waals surface area contributed by atoms with Crippen molar-refractivity contribution in [1.29, 1.82) is 0 Å². The number of para-hydroxylation sites is 1. The van der Waals surface area contributed by atoms with E-state index >= 15 is 0 Å². The summed E-state index contributed by atoms with van der Waals surface area (Å²) < 4.78 is 7.22. The van der Waals surface area contributed by atoms with Gasteiger partial charge in [-0.15, -0.1) is 0 Å². The van der Waals surface area contributed by atoms with Crippen molar-refractivity contribution in [3.8, 4) is 0 Å². The Morgan fingerprint density at radius 3 is 1.90 bits per heavy atom. The van der Waals surface area contributed by atoms with Crippen LogP contribution in [-0.2, 0) is 4.74 Å². The van der Waals surface area contributed by atoms with Crippen molar-refractivity contribution >= 4 is 28.6 Å². The second-order valence-corrected chi connectivity index (χ2v) is 8.24. The summed E-state index contributed by atoms with van der Waals surface area (Å²) in [5.74, 6) is 0. The number of hydrogen-bond acceptors (Lipinski definition) is 2. The lowest BCUT2D eigenvalue weighted by molar-refractivity contribution is 0.0544. The summed E-state index contributed by atoms with van der Waals surface area (Å²) in [5.41, 5.74) is 4.59. The van der Waals surface area contributed by atoms with E-state index in [0.717, 1.165) is 33.2 Å². The molecule has 4 rings (SSSR count). The van der Waals surface area contributed by atoms with Gasteiger partial charge in [0, 0.05) is 17.1 Å². The van der Waals surface area contributed by atoms with Gasteiger partial charge in [-0.25, -0.2) is 4.79 Å². The molecule has 4 aromatic rings. The van der Waals surface area contributed by atoms with Gasteiger partial charge < -0.3 is 4.74 Å². The first-order valence-corrected chi connectivity index (χ1v) is 10.1. The Bertz CT molecular complexity index is 1150. The van der Waals surface area contributed by atoms with Crippen molar-refractivity contribution in [2.75, 3.05) is 0 Å². The van der Waals surface area contributed by atoms with Gasteiger partial charge in [-0.2, -0.15) is 0 Å². The molecule has 0 N–H and O–H groups in total. The molecule has 0 radical (unpaired) electrons. The monoisotopic (exact) mass is 395 g/mol. The zero-order valence-electron chi connectivity index (χ0n) is 17.5. The van der Waals surface area contributed by atoms with Crippen LogP contribution in [-0.4, -0.2) is 16.3 Å². The molecule has 0 aliphatic rings. The summed E-state index contributed by atoms with van der Waals surface area (Å²) in [4.78, 5) is 12.8. The average Bonchev–Trinajstić information content (AvgIpc) is 3.11. The average molecular weight is 396 g/mol. The molecule has 0 aliphatic heterocycles. The minimum Gasteiger partial charge on any atom is -0.443 e. The lowest BCUT2D eigenvalue weighted by atomic mass is 9.96. The van der Waals surface area contributed by atoms with Crippen LogP contribution in [0.5, 0.6) is 0 Å². The molecular formula is C27H25NO2. The summed E-state index contributed by atoms with van der Waals surface area (Å²) in [5, 5.41) is 1.01. The van der Waals surface area contributed by atoms with Gasteiger partial charge in [0.05, 0.1) is 5.52 Å². The molecule has 0 unspecified atom stereocenters. The molecule has 0 aliphatic carbocycles. The zero-order valence-corrected chi connectivity index (χ0v) is 17.5. The van der Waals surface area contributed by atoms with Gasteiger partial charge in [0.25, 0.3) is 0 Å². The van der Waals surface area contributed by atoms with Crippen molar-refractivity contribution in [3.63, 3.8) is 0 Å². The van der Waals surface area contributed by atoms with Gasteiger partial charge in [-0.05, 0) is 49.6 Å². The molecular weight excluding hydrogens is 370 g/mol. The SMILES string of the molecule is CC(C)(C)OC(=O)n1cc(C=C(c2ccccc2)c2ccccc2)c2ccccc21. The van der Waals surface area contributed by atoms with Crippen LogP contribution in [0.3, 0.4) is 0 Å². The second-order valence-electron chi connectivity index (χ2n) is 8.24. The highest BCUT2D eigenvalue weighted by atomic mass is 16.6. The van der Waals surface area contributed by atoms with Gasteiger partial charge in [0.2, 0.25) is 0 Å². The van der Waals surface area contributed by atoms with E-state index in [4.69, 9.17) is 4.74 Å². The quantitative estimate of drug-likeness (QED) is 0.373. The third kappa shape index (κ3) is 4.20. The number of aromatic nitrogens is 1. The molecule has 0 atom stereocenters. The van der Waals surface area contributed by atoms with Gasteiger partial charge in [0.1, 0.15) is 5.60 Å². The number of carbonyl (C=O) groups excluding carboxylic acids is 1. The maximum absolute atomic E-state index is 12.8. The van der Waals surface area contributed by atoms with Gasteiger partial charge in [-0.1, -0.05) is 78.9 Å². The Balaban J connectivity index is 1.89. The van der Waals surface area contributed by atoms with E-state index in [1.165, 1.54) is 0 Å². The van der Waals surface area contributed by atoms with E-state index < -0.39 is 5.60 Å². The summed E-state index contributed by atoms with van der Waals surface area (Å²) in [7, 11) is 0. The molecule has 0 amide bonds. The highest BCUT2D eigenvalue weighted by Gasteiger charge is 2.20. The minimum absolute atomic E-state index is 0.376. The van der Waals surface area contributed by atoms with E-state index in [0.29, 0.717) is 0 Å². The molecule has 150 valence electrons. The predicted molar refractivity (Wildman–Crippen MR) is 123 cm³/mol. The summed E-state index contributed by atoms with van der Waals surface area (Å²) in [6, 6.07) is 28.5. The Morgan fingerprint density at radius 1 is 0.800 bits per heavy atom. The maximum Gasteiger partial charge on any atom is 0.419 e. The topological polar surface area (TPSA) is 31.2 Å². The fourth-order valence-electron chi connectivity index (χ4n) is 3.51. The van der Waals surface area contributed by atoms with Gasteiger partial charge in [0.15, 0.2) is 0 Å². The third-order valence-electron chi connectivity index (χ3n) is 4.80. The van der Waals surface area contributed by atoms with E-state index in [2.05, 4.69) is 30.3 Å². The first-order valence-electron chi connectivity index (χ1n) is 10.1. The normalized spacial score (nSPS) is 11.3. The van der Waals surface area contributed by atoms with Gasteiger partial charge in [-0.3, -0.25) is 4.57 Å².